The lowest BCUT2D eigenvalue weighted by Crippen LogP contribution is -2.42. The van der Waals surface area contributed by atoms with E-state index in [9.17, 15) is 18.0 Å². The van der Waals surface area contributed by atoms with Crippen LogP contribution in [0.2, 0.25) is 0 Å². The van der Waals surface area contributed by atoms with Crippen LogP contribution < -0.4 is 14.2 Å². The van der Waals surface area contributed by atoms with E-state index in [0.717, 1.165) is 21.9 Å². The van der Waals surface area contributed by atoms with Gasteiger partial charge in [0.2, 0.25) is 0 Å². The number of hydrogen-bond acceptors (Lipinski definition) is 9. The lowest BCUT2D eigenvalue weighted by molar-refractivity contribution is 0.0740. The average Bonchev–Trinajstić information content (AvgIpc) is 3.35. The van der Waals surface area contributed by atoms with Gasteiger partial charge in [-0.15, -0.1) is 11.3 Å². The van der Waals surface area contributed by atoms with Crippen LogP contribution in [-0.4, -0.2) is 80.8 Å². The number of thioether (sulfide) groups is 1. The molecular formula is C29H38N4O6S3. The van der Waals surface area contributed by atoms with E-state index in [0.29, 0.717) is 45.7 Å². The van der Waals surface area contributed by atoms with Gasteiger partial charge in [0.15, 0.2) is 0 Å². The zero-order valence-electron chi connectivity index (χ0n) is 24.8. The first-order chi connectivity index (χ1) is 20.0. The van der Waals surface area contributed by atoms with Gasteiger partial charge in [-0.3, -0.25) is 9.59 Å². The molecule has 0 radical (unpaired) electrons. The Kier molecular flexibility index (Phi) is 12.2. The Morgan fingerprint density at radius 2 is 1.69 bits per heavy atom. The van der Waals surface area contributed by atoms with E-state index in [1.54, 1.807) is 38.2 Å². The van der Waals surface area contributed by atoms with E-state index >= 15 is 0 Å². The van der Waals surface area contributed by atoms with Crippen LogP contribution in [0, 0.1) is 13.8 Å². The number of carbonyl (C=O) groups is 2. The maximum absolute atomic E-state index is 13.8. The van der Waals surface area contributed by atoms with Crippen LogP contribution >= 0.6 is 23.1 Å². The SMILES string of the molecule is COc1cc(C(=O)N(CCCc2ccccc2)Cc2nc(C(=O)NS(=O)(=O)N(C)CCSC)c(C)s2)cc(OC)c1C. The third kappa shape index (κ3) is 8.69. The molecule has 1 N–H and O–H groups in total. The monoisotopic (exact) mass is 634 g/mol. The molecule has 0 fully saturated rings. The van der Waals surface area contributed by atoms with Crippen molar-refractivity contribution in [1.29, 1.82) is 0 Å². The van der Waals surface area contributed by atoms with Crippen LogP contribution in [0.25, 0.3) is 0 Å². The second-order valence-electron chi connectivity index (χ2n) is 9.58. The van der Waals surface area contributed by atoms with E-state index < -0.39 is 16.1 Å². The predicted octanol–water partition coefficient (Wildman–Crippen LogP) is 4.32. The van der Waals surface area contributed by atoms with Crippen LogP contribution in [0.4, 0.5) is 0 Å². The van der Waals surface area contributed by atoms with Crippen LogP contribution in [0.15, 0.2) is 42.5 Å². The van der Waals surface area contributed by atoms with Gasteiger partial charge in [-0.25, -0.2) is 9.71 Å². The molecule has 0 saturated carbocycles. The zero-order chi connectivity index (χ0) is 30.9. The molecular weight excluding hydrogens is 597 g/mol. The first-order valence-electron chi connectivity index (χ1n) is 13.3. The molecule has 0 bridgehead atoms. The molecule has 10 nitrogen and oxygen atoms in total. The van der Waals surface area contributed by atoms with Gasteiger partial charge >= 0.3 is 10.2 Å². The fraction of sp³-hybridized carbons (Fsp3) is 0.414. The lowest BCUT2D eigenvalue weighted by atomic mass is 10.1. The fourth-order valence-electron chi connectivity index (χ4n) is 4.24. The molecule has 0 unspecified atom stereocenters. The molecule has 3 aromatic rings. The molecule has 228 valence electrons. The maximum Gasteiger partial charge on any atom is 0.303 e. The average molecular weight is 635 g/mol. The Morgan fingerprint density at radius 3 is 2.29 bits per heavy atom. The predicted molar refractivity (Wildman–Crippen MR) is 168 cm³/mol. The fourth-order valence-corrected chi connectivity index (χ4v) is 6.58. The molecule has 2 amide bonds. The smallest absolute Gasteiger partial charge is 0.303 e. The van der Waals surface area contributed by atoms with Gasteiger partial charge in [0.1, 0.15) is 22.2 Å². The number of nitrogens with one attached hydrogen (secondary N) is 1. The summed E-state index contributed by atoms with van der Waals surface area (Å²) in [6.45, 7) is 4.40. The summed E-state index contributed by atoms with van der Waals surface area (Å²) >= 11 is 2.76. The number of benzene rings is 2. The van der Waals surface area contributed by atoms with Crippen LogP contribution in [0.3, 0.4) is 0 Å². The minimum atomic E-state index is -4.02. The van der Waals surface area contributed by atoms with Crippen LogP contribution in [0.5, 0.6) is 11.5 Å². The lowest BCUT2D eigenvalue weighted by Gasteiger charge is -2.23. The van der Waals surface area contributed by atoms with Crippen molar-refractivity contribution in [2.75, 3.05) is 46.4 Å². The summed E-state index contributed by atoms with van der Waals surface area (Å²) in [5, 5.41) is 0.518. The van der Waals surface area contributed by atoms with Crippen molar-refractivity contribution >= 4 is 45.1 Å². The van der Waals surface area contributed by atoms with Gasteiger partial charge in [-0.05, 0) is 50.6 Å². The maximum atomic E-state index is 13.8. The van der Waals surface area contributed by atoms with Gasteiger partial charge in [-0.1, -0.05) is 30.3 Å². The number of thiazole rings is 1. The van der Waals surface area contributed by atoms with Gasteiger partial charge in [0, 0.05) is 41.9 Å². The van der Waals surface area contributed by atoms with Crippen molar-refractivity contribution in [3.05, 3.63) is 74.7 Å². The summed E-state index contributed by atoms with van der Waals surface area (Å²) in [4.78, 5) is 33.5. The van der Waals surface area contributed by atoms with Crippen LogP contribution in [-0.2, 0) is 23.2 Å². The summed E-state index contributed by atoms with van der Waals surface area (Å²) < 4.78 is 39.4. The highest BCUT2D eigenvalue weighted by atomic mass is 32.2. The van der Waals surface area contributed by atoms with Crippen molar-refractivity contribution in [2.45, 2.75) is 33.2 Å². The van der Waals surface area contributed by atoms with E-state index in [1.807, 2.05) is 43.5 Å². The quantitative estimate of drug-likeness (QED) is 0.263. The molecule has 0 atom stereocenters. The van der Waals surface area contributed by atoms with Gasteiger partial charge in [0.25, 0.3) is 11.8 Å². The highest BCUT2D eigenvalue weighted by Crippen LogP contribution is 2.30. The summed E-state index contributed by atoms with van der Waals surface area (Å²) in [5.74, 6) is 0.625. The number of nitrogens with zero attached hydrogens (tertiary/aromatic N) is 3. The summed E-state index contributed by atoms with van der Waals surface area (Å²) in [6, 6.07) is 13.4. The normalized spacial score (nSPS) is 11.4. The Bertz CT molecular complexity index is 1450. The third-order valence-corrected chi connectivity index (χ3v) is 9.64. The van der Waals surface area contributed by atoms with Crippen molar-refractivity contribution in [3.63, 3.8) is 0 Å². The second-order valence-corrected chi connectivity index (χ2v) is 13.6. The second kappa shape index (κ2) is 15.4. The van der Waals surface area contributed by atoms with Crippen LogP contribution in [0.1, 0.15) is 48.3 Å². The molecule has 0 aliphatic carbocycles. The number of aryl methyl sites for hydroxylation is 2. The third-order valence-electron chi connectivity index (χ3n) is 6.65. The van der Waals surface area contributed by atoms with Gasteiger partial charge < -0.3 is 14.4 Å². The minimum absolute atomic E-state index is 0.0206. The van der Waals surface area contributed by atoms with Crippen molar-refractivity contribution in [2.24, 2.45) is 0 Å². The van der Waals surface area contributed by atoms with E-state index in [-0.39, 0.29) is 24.7 Å². The number of methoxy groups -OCH3 is 2. The Morgan fingerprint density at radius 1 is 1.05 bits per heavy atom. The van der Waals surface area contributed by atoms with Gasteiger partial charge in [-0.2, -0.15) is 24.5 Å². The molecule has 0 aliphatic rings. The molecule has 1 aromatic heterocycles. The number of hydrogen-bond donors (Lipinski definition) is 1. The molecule has 1 heterocycles. The van der Waals surface area contributed by atoms with Crippen molar-refractivity contribution in [1.82, 2.24) is 18.9 Å². The van der Waals surface area contributed by atoms with E-state index in [1.165, 1.54) is 30.1 Å². The standard InChI is InChI=1S/C29H38N4O6S3/c1-20-24(38-4)17-23(18-25(20)39-5)29(35)33(14-10-13-22-11-8-7-9-12-22)19-26-30-27(21(2)41-26)28(34)31-42(36,37)32(3)15-16-40-6/h7-9,11-12,17-18H,10,13-16,19H2,1-6H3,(H,31,34). The number of carbonyl (C=O) groups excluding carboxylic acids is 2. The molecule has 0 aliphatic heterocycles. The molecule has 3 rings (SSSR count). The van der Waals surface area contributed by atoms with Crippen molar-refractivity contribution < 1.29 is 27.5 Å². The number of rotatable bonds is 15. The molecule has 42 heavy (non-hydrogen) atoms. The number of aromatic nitrogens is 1. The summed E-state index contributed by atoms with van der Waals surface area (Å²) in [5.41, 5.74) is 2.37. The van der Waals surface area contributed by atoms with Gasteiger partial charge in [0.05, 0.1) is 20.8 Å². The van der Waals surface area contributed by atoms with E-state index in [2.05, 4.69) is 9.71 Å². The Balaban J connectivity index is 1.85. The largest absolute Gasteiger partial charge is 0.496 e. The topological polar surface area (TPSA) is 118 Å². The summed E-state index contributed by atoms with van der Waals surface area (Å²) in [6.07, 6.45) is 3.35. The number of ether oxygens (including phenoxy) is 2. The Labute approximate surface area is 256 Å². The van der Waals surface area contributed by atoms with E-state index in [4.69, 9.17) is 9.47 Å². The molecule has 0 saturated heterocycles. The highest BCUT2D eigenvalue weighted by Gasteiger charge is 2.26. The highest BCUT2D eigenvalue weighted by molar-refractivity contribution is 7.98. The zero-order valence-corrected chi connectivity index (χ0v) is 27.2. The van der Waals surface area contributed by atoms with Crippen molar-refractivity contribution in [3.8, 4) is 11.5 Å². The first-order valence-corrected chi connectivity index (χ1v) is 16.9. The molecule has 13 heteroatoms. The molecule has 2 aromatic carbocycles. The Hall–Kier alpha value is -3.13. The first kappa shape index (κ1) is 33.4. The number of amides is 2. The molecule has 0 spiro atoms. The summed E-state index contributed by atoms with van der Waals surface area (Å²) in [7, 11) is 0.480. The minimum Gasteiger partial charge on any atom is -0.496 e.